The van der Waals surface area contributed by atoms with Crippen LogP contribution in [0.25, 0.3) is 5.65 Å². The molecule has 3 aromatic rings. The van der Waals surface area contributed by atoms with Crippen molar-refractivity contribution in [1.82, 2.24) is 14.6 Å². The maximum absolute atomic E-state index is 12.5. The number of amides is 1. The number of carbonyl (C=O) groups is 1. The molecule has 2 aromatic heterocycles. The highest BCUT2D eigenvalue weighted by atomic mass is 19.4. The molecule has 2 heterocycles. The number of nitrogens with zero attached hydrogens (tertiary/aromatic N) is 3. The third-order valence-corrected chi connectivity index (χ3v) is 2.99. The monoisotopic (exact) mass is 306 g/mol. The summed E-state index contributed by atoms with van der Waals surface area (Å²) in [6.07, 6.45) is 0.0970. The number of halogens is 3. The number of rotatable bonds is 2. The van der Waals surface area contributed by atoms with Gasteiger partial charge in [-0.05, 0) is 30.3 Å². The van der Waals surface area contributed by atoms with Gasteiger partial charge in [-0.15, -0.1) is 0 Å². The summed E-state index contributed by atoms with van der Waals surface area (Å²) in [6, 6.07) is 5.87. The normalized spacial score (nSPS) is 11.6. The molecule has 1 aromatic carbocycles. The van der Waals surface area contributed by atoms with Gasteiger partial charge >= 0.3 is 6.18 Å². The van der Waals surface area contributed by atoms with E-state index in [1.807, 2.05) is 0 Å². The van der Waals surface area contributed by atoms with E-state index >= 15 is 0 Å². The summed E-state index contributed by atoms with van der Waals surface area (Å²) in [5, 5.41) is 6.49. The van der Waals surface area contributed by atoms with Crippen LogP contribution < -0.4 is 5.32 Å². The molecular formula is C14H9F3N4O. The molecule has 5 nitrogen and oxygen atoms in total. The Morgan fingerprint density at radius 3 is 2.59 bits per heavy atom. The van der Waals surface area contributed by atoms with Gasteiger partial charge in [0.1, 0.15) is 5.56 Å². The molecule has 1 amide bonds. The SMILES string of the molecule is O=C(Nc1ccc(C(F)(F)F)cc1)c1cnn2cccnc12. The Morgan fingerprint density at radius 2 is 1.91 bits per heavy atom. The molecule has 0 saturated heterocycles. The van der Waals surface area contributed by atoms with Gasteiger partial charge in [0, 0.05) is 18.1 Å². The molecule has 0 fully saturated rings. The van der Waals surface area contributed by atoms with Crippen molar-refractivity contribution >= 4 is 17.2 Å². The smallest absolute Gasteiger partial charge is 0.322 e. The number of carbonyl (C=O) groups excluding carboxylic acids is 1. The molecular weight excluding hydrogens is 297 g/mol. The van der Waals surface area contributed by atoms with E-state index < -0.39 is 17.6 Å². The fourth-order valence-electron chi connectivity index (χ4n) is 1.93. The van der Waals surface area contributed by atoms with Crippen LogP contribution in [0.3, 0.4) is 0 Å². The molecule has 0 aliphatic heterocycles. The third-order valence-electron chi connectivity index (χ3n) is 2.99. The zero-order valence-electron chi connectivity index (χ0n) is 11.0. The number of fused-ring (bicyclic) bond motifs is 1. The van der Waals surface area contributed by atoms with Gasteiger partial charge in [0.05, 0.1) is 11.8 Å². The topological polar surface area (TPSA) is 59.3 Å². The summed E-state index contributed by atoms with van der Waals surface area (Å²) in [5.74, 6) is -0.492. The van der Waals surface area contributed by atoms with Gasteiger partial charge in [-0.1, -0.05) is 0 Å². The highest BCUT2D eigenvalue weighted by Gasteiger charge is 2.30. The van der Waals surface area contributed by atoms with E-state index in [1.54, 1.807) is 12.3 Å². The Bertz CT molecular complexity index is 824. The van der Waals surface area contributed by atoms with Crippen LogP contribution in [-0.2, 0) is 6.18 Å². The highest BCUT2D eigenvalue weighted by Crippen LogP contribution is 2.29. The van der Waals surface area contributed by atoms with E-state index in [9.17, 15) is 18.0 Å². The van der Waals surface area contributed by atoms with Crippen molar-refractivity contribution in [3.63, 3.8) is 0 Å². The first-order valence-electron chi connectivity index (χ1n) is 6.22. The van der Waals surface area contributed by atoms with E-state index in [-0.39, 0.29) is 11.3 Å². The Kier molecular flexibility index (Phi) is 3.28. The lowest BCUT2D eigenvalue weighted by Crippen LogP contribution is -2.12. The van der Waals surface area contributed by atoms with Crippen LogP contribution in [0.1, 0.15) is 15.9 Å². The van der Waals surface area contributed by atoms with Crippen molar-refractivity contribution in [2.45, 2.75) is 6.18 Å². The Balaban J connectivity index is 1.82. The van der Waals surface area contributed by atoms with Crippen molar-refractivity contribution in [2.24, 2.45) is 0 Å². The second-order valence-corrected chi connectivity index (χ2v) is 4.48. The van der Waals surface area contributed by atoms with E-state index in [2.05, 4.69) is 15.4 Å². The molecule has 0 aliphatic rings. The van der Waals surface area contributed by atoms with E-state index in [1.165, 1.54) is 29.0 Å². The van der Waals surface area contributed by atoms with Gasteiger partial charge in [0.25, 0.3) is 5.91 Å². The molecule has 0 radical (unpaired) electrons. The summed E-state index contributed by atoms with van der Waals surface area (Å²) >= 11 is 0. The van der Waals surface area contributed by atoms with Crippen molar-refractivity contribution in [3.8, 4) is 0 Å². The lowest BCUT2D eigenvalue weighted by molar-refractivity contribution is -0.137. The van der Waals surface area contributed by atoms with E-state index in [0.717, 1.165) is 12.1 Å². The van der Waals surface area contributed by atoms with Gasteiger partial charge in [0.2, 0.25) is 0 Å². The molecule has 0 saturated carbocycles. The maximum atomic E-state index is 12.5. The second-order valence-electron chi connectivity index (χ2n) is 4.48. The fourth-order valence-corrected chi connectivity index (χ4v) is 1.93. The van der Waals surface area contributed by atoms with Crippen LogP contribution in [0.4, 0.5) is 18.9 Å². The molecule has 22 heavy (non-hydrogen) atoms. The number of hydrogen-bond acceptors (Lipinski definition) is 3. The molecule has 0 atom stereocenters. The van der Waals surface area contributed by atoms with Gasteiger partial charge in [-0.3, -0.25) is 4.79 Å². The predicted octanol–water partition coefficient (Wildman–Crippen LogP) is 3.00. The first-order chi connectivity index (χ1) is 10.4. The summed E-state index contributed by atoms with van der Waals surface area (Å²) in [6.45, 7) is 0. The molecule has 0 bridgehead atoms. The van der Waals surface area contributed by atoms with Crippen LogP contribution in [0.2, 0.25) is 0 Å². The Morgan fingerprint density at radius 1 is 1.18 bits per heavy atom. The van der Waals surface area contributed by atoms with Gasteiger partial charge < -0.3 is 5.32 Å². The minimum atomic E-state index is -4.41. The molecule has 0 aliphatic carbocycles. The zero-order valence-corrected chi connectivity index (χ0v) is 11.0. The van der Waals surface area contributed by atoms with Gasteiger partial charge in [0.15, 0.2) is 5.65 Å². The number of nitrogens with one attached hydrogen (secondary N) is 1. The molecule has 0 unspecified atom stereocenters. The van der Waals surface area contributed by atoms with Crippen molar-refractivity contribution in [3.05, 3.63) is 60.0 Å². The lowest BCUT2D eigenvalue weighted by atomic mass is 10.2. The Hall–Kier alpha value is -2.90. The quantitative estimate of drug-likeness (QED) is 0.792. The number of alkyl halides is 3. The number of benzene rings is 1. The maximum Gasteiger partial charge on any atom is 0.416 e. The minimum Gasteiger partial charge on any atom is -0.322 e. The van der Waals surface area contributed by atoms with Crippen LogP contribution in [0.5, 0.6) is 0 Å². The first kappa shape index (κ1) is 14.1. The molecule has 0 spiro atoms. The van der Waals surface area contributed by atoms with Crippen LogP contribution in [0, 0.1) is 0 Å². The highest BCUT2D eigenvalue weighted by molar-refractivity contribution is 6.08. The lowest BCUT2D eigenvalue weighted by Gasteiger charge is -2.08. The summed E-state index contributed by atoms with van der Waals surface area (Å²) in [7, 11) is 0. The van der Waals surface area contributed by atoms with Crippen molar-refractivity contribution in [2.75, 3.05) is 5.32 Å². The third kappa shape index (κ3) is 2.62. The van der Waals surface area contributed by atoms with E-state index in [4.69, 9.17) is 0 Å². The second kappa shape index (κ2) is 5.14. The molecule has 1 N–H and O–H groups in total. The molecule has 3 rings (SSSR count). The zero-order chi connectivity index (χ0) is 15.7. The van der Waals surface area contributed by atoms with Crippen LogP contribution in [0.15, 0.2) is 48.9 Å². The Labute approximate surface area is 122 Å². The minimum absolute atomic E-state index is 0.237. The van der Waals surface area contributed by atoms with Crippen molar-refractivity contribution in [1.29, 1.82) is 0 Å². The van der Waals surface area contributed by atoms with Gasteiger partial charge in [-0.25, -0.2) is 9.50 Å². The number of anilines is 1. The average Bonchev–Trinajstić information content (AvgIpc) is 2.91. The number of hydrogen-bond donors (Lipinski definition) is 1. The van der Waals surface area contributed by atoms with Gasteiger partial charge in [-0.2, -0.15) is 18.3 Å². The van der Waals surface area contributed by atoms with Crippen LogP contribution >= 0.6 is 0 Å². The molecule has 8 heteroatoms. The van der Waals surface area contributed by atoms with Crippen molar-refractivity contribution < 1.29 is 18.0 Å². The summed E-state index contributed by atoms with van der Waals surface area (Å²) in [5.41, 5.74) is 0.0869. The predicted molar refractivity (Wildman–Crippen MR) is 72.4 cm³/mol. The first-order valence-corrected chi connectivity index (χ1v) is 6.22. The molecule has 112 valence electrons. The summed E-state index contributed by atoms with van der Waals surface area (Å²) in [4.78, 5) is 16.2. The largest absolute Gasteiger partial charge is 0.416 e. The average molecular weight is 306 g/mol. The van der Waals surface area contributed by atoms with E-state index in [0.29, 0.717) is 5.65 Å². The standard InChI is InChI=1S/C14H9F3N4O/c15-14(16,17)9-2-4-10(5-3-9)20-13(22)11-8-19-21-7-1-6-18-12(11)21/h1-8H,(H,20,22). The summed E-state index contributed by atoms with van der Waals surface area (Å²) < 4.78 is 38.9. The number of aromatic nitrogens is 3. The fraction of sp³-hybridized carbons (Fsp3) is 0.0714. The van der Waals surface area contributed by atoms with Crippen LogP contribution in [-0.4, -0.2) is 20.5 Å².